The Hall–Kier alpha value is -0.884. The SMILES string of the molecule is C=CC(=O)[O-].CC(=O)C(=O)[O-].[Mg+2]. The minimum atomic E-state index is -1.63. The second-order valence-corrected chi connectivity index (χ2v) is 1.37. The van der Waals surface area contributed by atoms with Crippen LogP contribution in [0.5, 0.6) is 0 Å². The molecule has 0 saturated carbocycles. The molecule has 0 spiro atoms. The number of ketones is 1. The molecule has 0 amide bonds. The average molecular weight is 182 g/mol. The van der Waals surface area contributed by atoms with Crippen LogP contribution in [0.1, 0.15) is 6.92 Å². The van der Waals surface area contributed by atoms with E-state index in [0.717, 1.165) is 13.0 Å². The van der Waals surface area contributed by atoms with Crippen LogP contribution >= 0.6 is 0 Å². The zero-order chi connectivity index (χ0) is 9.44. The normalized spacial score (nSPS) is 6.42. The molecule has 0 heterocycles. The maximum absolute atomic E-state index is 9.48. The molecule has 0 saturated heterocycles. The number of carboxylic acid groups (broad SMARTS) is 2. The number of carbonyl (C=O) groups excluding carboxylic acids is 3. The van der Waals surface area contributed by atoms with Gasteiger partial charge in [-0.3, -0.25) is 4.79 Å². The van der Waals surface area contributed by atoms with E-state index in [2.05, 4.69) is 6.58 Å². The predicted molar refractivity (Wildman–Crippen MR) is 36.6 cm³/mol. The van der Waals surface area contributed by atoms with Gasteiger partial charge in [0.25, 0.3) is 0 Å². The monoisotopic (exact) mass is 182 g/mol. The van der Waals surface area contributed by atoms with Gasteiger partial charge in [0.05, 0.1) is 5.97 Å². The summed E-state index contributed by atoms with van der Waals surface area (Å²) < 4.78 is 0. The van der Waals surface area contributed by atoms with Gasteiger partial charge in [-0.05, 0) is 6.08 Å². The van der Waals surface area contributed by atoms with Crippen molar-refractivity contribution in [1.29, 1.82) is 0 Å². The van der Waals surface area contributed by atoms with Gasteiger partial charge in [0.1, 0.15) is 5.97 Å². The molecule has 62 valence electrons. The van der Waals surface area contributed by atoms with Crippen molar-refractivity contribution in [2.75, 3.05) is 0 Å². The third-order valence-electron chi connectivity index (χ3n) is 0.454. The summed E-state index contributed by atoms with van der Waals surface area (Å²) in [6.07, 6.45) is 0.722. The van der Waals surface area contributed by atoms with Gasteiger partial charge in [0, 0.05) is 6.92 Å². The van der Waals surface area contributed by atoms with E-state index in [1.807, 2.05) is 0 Å². The number of hydrogen-bond acceptors (Lipinski definition) is 5. The minimum Gasteiger partial charge on any atom is -0.545 e. The fourth-order valence-electron chi connectivity index (χ4n) is 0. The smallest absolute Gasteiger partial charge is 0.545 e. The van der Waals surface area contributed by atoms with Crippen LogP contribution in [0.2, 0.25) is 0 Å². The van der Waals surface area contributed by atoms with E-state index < -0.39 is 17.7 Å². The Morgan fingerprint density at radius 1 is 1.25 bits per heavy atom. The molecule has 0 aromatic heterocycles. The van der Waals surface area contributed by atoms with Crippen molar-refractivity contribution >= 4 is 40.8 Å². The Morgan fingerprint density at radius 2 is 1.42 bits per heavy atom. The molecular formula is C6H6MgO5. The fraction of sp³-hybridized carbons (Fsp3) is 0.167. The van der Waals surface area contributed by atoms with Gasteiger partial charge in [-0.25, -0.2) is 0 Å². The molecule has 5 nitrogen and oxygen atoms in total. The quantitative estimate of drug-likeness (QED) is 0.255. The van der Waals surface area contributed by atoms with Crippen LogP contribution in [-0.2, 0) is 14.4 Å². The molecule has 0 atom stereocenters. The van der Waals surface area contributed by atoms with Crippen molar-refractivity contribution in [2.45, 2.75) is 6.92 Å². The van der Waals surface area contributed by atoms with E-state index in [-0.39, 0.29) is 23.1 Å². The average Bonchev–Trinajstić information content (AvgIpc) is 1.89. The molecule has 0 aromatic rings. The van der Waals surface area contributed by atoms with Gasteiger partial charge in [-0.2, -0.15) is 0 Å². The molecule has 0 N–H and O–H groups in total. The van der Waals surface area contributed by atoms with Gasteiger partial charge < -0.3 is 19.8 Å². The standard InChI is InChI=1S/C3H4O3.C3H4O2.Mg/c1-2(4)3(5)6;1-2-3(4)5;/h1H3,(H,5,6);2H,1H2,(H,4,5);/q;;+2/p-2. The molecule has 0 aliphatic rings. The summed E-state index contributed by atoms with van der Waals surface area (Å²) in [5.41, 5.74) is 0. The van der Waals surface area contributed by atoms with E-state index in [9.17, 15) is 14.7 Å². The summed E-state index contributed by atoms with van der Waals surface area (Å²) in [6.45, 7) is 3.84. The largest absolute Gasteiger partial charge is 2.00 e. The Kier molecular flexibility index (Phi) is 14.6. The number of carbonyl (C=O) groups is 3. The number of Topliss-reactive ketones (excluding diaryl/α,β-unsaturated/α-hetero) is 1. The Labute approximate surface area is 85.2 Å². The van der Waals surface area contributed by atoms with E-state index in [1.54, 1.807) is 0 Å². The van der Waals surface area contributed by atoms with Crippen molar-refractivity contribution in [1.82, 2.24) is 0 Å². The molecule has 0 fully saturated rings. The molecule has 0 unspecified atom stereocenters. The topological polar surface area (TPSA) is 97.3 Å². The minimum absolute atomic E-state index is 0. The van der Waals surface area contributed by atoms with Crippen molar-refractivity contribution < 1.29 is 24.6 Å². The molecular weight excluding hydrogens is 176 g/mol. The van der Waals surface area contributed by atoms with Crippen LogP contribution in [0.4, 0.5) is 0 Å². The molecule has 0 bridgehead atoms. The first kappa shape index (κ1) is 17.3. The number of aliphatic carboxylic acids is 2. The van der Waals surface area contributed by atoms with E-state index >= 15 is 0 Å². The summed E-state index contributed by atoms with van der Waals surface area (Å²) in [4.78, 5) is 27.9. The zero-order valence-corrected chi connectivity index (χ0v) is 7.95. The van der Waals surface area contributed by atoms with Gasteiger partial charge in [-0.15, -0.1) is 0 Å². The fourth-order valence-corrected chi connectivity index (χ4v) is 0. The van der Waals surface area contributed by atoms with Crippen LogP contribution < -0.4 is 10.2 Å². The van der Waals surface area contributed by atoms with Crippen molar-refractivity contribution in [3.8, 4) is 0 Å². The second kappa shape index (κ2) is 10.1. The summed E-state index contributed by atoms with van der Waals surface area (Å²) >= 11 is 0. The number of rotatable bonds is 2. The first-order chi connectivity index (χ1) is 4.91. The summed E-state index contributed by atoms with van der Waals surface area (Å²) in [7, 11) is 0. The first-order valence-corrected chi connectivity index (χ1v) is 2.47. The second-order valence-electron chi connectivity index (χ2n) is 1.37. The van der Waals surface area contributed by atoms with E-state index in [0.29, 0.717) is 0 Å². The molecule has 0 aliphatic carbocycles. The van der Waals surface area contributed by atoms with Crippen LogP contribution in [0.25, 0.3) is 0 Å². The molecule has 0 rings (SSSR count). The number of carboxylic acids is 2. The molecule has 0 aliphatic heterocycles. The van der Waals surface area contributed by atoms with Gasteiger partial charge in [0.15, 0.2) is 5.78 Å². The van der Waals surface area contributed by atoms with Crippen LogP contribution in [-0.4, -0.2) is 40.8 Å². The summed E-state index contributed by atoms with van der Waals surface area (Å²) in [5.74, 6) is -3.80. The third-order valence-corrected chi connectivity index (χ3v) is 0.454. The van der Waals surface area contributed by atoms with Gasteiger partial charge in [0.2, 0.25) is 0 Å². The zero-order valence-electron chi connectivity index (χ0n) is 6.53. The molecule has 6 heteroatoms. The van der Waals surface area contributed by atoms with Gasteiger partial charge >= 0.3 is 23.1 Å². The van der Waals surface area contributed by atoms with Crippen LogP contribution in [0, 0.1) is 0 Å². The van der Waals surface area contributed by atoms with Crippen LogP contribution in [0.3, 0.4) is 0 Å². The van der Waals surface area contributed by atoms with Crippen LogP contribution in [0.15, 0.2) is 12.7 Å². The maximum Gasteiger partial charge on any atom is 2.00 e. The Morgan fingerprint density at radius 3 is 1.42 bits per heavy atom. The van der Waals surface area contributed by atoms with Crippen molar-refractivity contribution in [2.24, 2.45) is 0 Å². The molecule has 0 radical (unpaired) electrons. The van der Waals surface area contributed by atoms with E-state index in [1.165, 1.54) is 0 Å². The Bertz CT molecular complexity index is 174. The number of hydrogen-bond donors (Lipinski definition) is 0. The third kappa shape index (κ3) is 22.9. The molecule has 12 heavy (non-hydrogen) atoms. The summed E-state index contributed by atoms with van der Waals surface area (Å²) in [6, 6.07) is 0. The maximum atomic E-state index is 9.48. The Balaban J connectivity index is -0.000000126. The van der Waals surface area contributed by atoms with Crippen molar-refractivity contribution in [3.63, 3.8) is 0 Å². The molecule has 0 aromatic carbocycles. The van der Waals surface area contributed by atoms with Crippen molar-refractivity contribution in [3.05, 3.63) is 12.7 Å². The summed E-state index contributed by atoms with van der Waals surface area (Å²) in [5, 5.41) is 18.4. The first-order valence-electron chi connectivity index (χ1n) is 2.47. The van der Waals surface area contributed by atoms with E-state index in [4.69, 9.17) is 9.90 Å². The van der Waals surface area contributed by atoms with Gasteiger partial charge in [-0.1, -0.05) is 6.58 Å². The predicted octanol–water partition coefficient (Wildman–Crippen LogP) is -3.13.